The number of carboxylic acid groups (broad SMARTS) is 1. The van der Waals surface area contributed by atoms with Crippen LogP contribution in [-0.2, 0) is 21.9 Å². The Morgan fingerprint density at radius 1 is 1.00 bits per heavy atom. The Morgan fingerprint density at radius 3 is 2.03 bits per heavy atom. The zero-order valence-electron chi connectivity index (χ0n) is 15.3. The average Bonchev–Trinajstić information content (AvgIpc) is 2.63. The number of anilines is 1. The summed E-state index contributed by atoms with van der Waals surface area (Å²) in [5.74, 6) is -1.84. The molecule has 0 spiro atoms. The number of carbonyl (C=O) groups excluding carboxylic acids is 1. The van der Waals surface area contributed by atoms with Crippen LogP contribution in [0.25, 0.3) is 0 Å². The van der Waals surface area contributed by atoms with Gasteiger partial charge in [-0.2, -0.15) is 31.6 Å². The van der Waals surface area contributed by atoms with E-state index in [1.165, 1.54) is 6.07 Å². The molecule has 0 aromatic heterocycles. The van der Waals surface area contributed by atoms with E-state index in [-0.39, 0.29) is 19.0 Å². The number of halogens is 6. The van der Waals surface area contributed by atoms with Crippen LogP contribution in [0.1, 0.15) is 36.8 Å². The van der Waals surface area contributed by atoms with Gasteiger partial charge in [0.05, 0.1) is 11.1 Å². The molecule has 6 nitrogen and oxygen atoms in total. The van der Waals surface area contributed by atoms with Crippen LogP contribution < -0.4 is 10.6 Å². The first-order chi connectivity index (χ1) is 13.8. The number of hydrogen-bond acceptors (Lipinski definition) is 4. The second-order valence-electron chi connectivity index (χ2n) is 6.07. The van der Waals surface area contributed by atoms with E-state index in [4.69, 9.17) is 10.4 Å². The Hall–Kier alpha value is -3.23. The van der Waals surface area contributed by atoms with Crippen molar-refractivity contribution in [3.8, 4) is 6.07 Å². The summed E-state index contributed by atoms with van der Waals surface area (Å²) in [6.45, 7) is 0.110. The number of nitrogens with zero attached hydrogens (tertiary/aromatic N) is 1. The molecule has 0 radical (unpaired) electrons. The zero-order chi connectivity index (χ0) is 22.9. The number of nitrogens with one attached hydrogen (secondary N) is 2. The summed E-state index contributed by atoms with van der Waals surface area (Å²) in [6, 6.07) is 2.28. The second-order valence-corrected chi connectivity index (χ2v) is 6.07. The van der Waals surface area contributed by atoms with Gasteiger partial charge in [-0.05, 0) is 31.0 Å². The van der Waals surface area contributed by atoms with Crippen LogP contribution in [0.3, 0.4) is 0 Å². The highest BCUT2D eigenvalue weighted by atomic mass is 19.4. The first-order valence-electron chi connectivity index (χ1n) is 8.51. The topological polar surface area (TPSA) is 102 Å². The van der Waals surface area contributed by atoms with Crippen LogP contribution in [0.15, 0.2) is 30.0 Å². The molecule has 3 N–H and O–H groups in total. The van der Waals surface area contributed by atoms with Gasteiger partial charge in [0.25, 0.3) is 5.91 Å². The molecular weight excluding hydrogens is 420 g/mol. The number of aliphatic carboxylic acids is 1. The summed E-state index contributed by atoms with van der Waals surface area (Å²) < 4.78 is 77.1. The van der Waals surface area contributed by atoms with Gasteiger partial charge in [-0.15, -0.1) is 0 Å². The van der Waals surface area contributed by atoms with Gasteiger partial charge in [-0.25, -0.2) is 0 Å². The Balaban J connectivity index is 2.83. The molecule has 12 heteroatoms. The molecule has 1 aromatic carbocycles. The number of carbonyl (C=O) groups is 2. The van der Waals surface area contributed by atoms with E-state index in [1.807, 2.05) is 0 Å². The number of nitriles is 1. The largest absolute Gasteiger partial charge is 0.481 e. The third-order valence-electron chi connectivity index (χ3n) is 3.69. The van der Waals surface area contributed by atoms with Crippen molar-refractivity contribution in [2.24, 2.45) is 0 Å². The van der Waals surface area contributed by atoms with E-state index in [9.17, 15) is 35.9 Å². The monoisotopic (exact) mass is 437 g/mol. The lowest BCUT2D eigenvalue weighted by atomic mass is 10.1. The SMILES string of the molecule is N#C/C(=C/Nc1cc(C(F)(F)F)cc(C(F)(F)F)c1)C(=O)NCCCCCC(=O)O. The molecule has 0 aliphatic carbocycles. The van der Waals surface area contributed by atoms with Crippen molar-refractivity contribution in [1.82, 2.24) is 5.32 Å². The molecule has 0 saturated carbocycles. The van der Waals surface area contributed by atoms with E-state index in [0.717, 1.165) is 0 Å². The number of amides is 1. The van der Waals surface area contributed by atoms with Crippen LogP contribution in [0.5, 0.6) is 0 Å². The first-order valence-corrected chi connectivity index (χ1v) is 8.51. The Bertz CT molecular complexity index is 809. The molecule has 0 atom stereocenters. The predicted molar refractivity (Wildman–Crippen MR) is 92.9 cm³/mol. The first kappa shape index (κ1) is 24.8. The predicted octanol–water partition coefficient (Wildman–Crippen LogP) is 4.30. The van der Waals surface area contributed by atoms with E-state index < -0.39 is 46.6 Å². The second kappa shape index (κ2) is 10.5. The summed E-state index contributed by atoms with van der Waals surface area (Å²) >= 11 is 0. The summed E-state index contributed by atoms with van der Waals surface area (Å²) in [4.78, 5) is 22.3. The highest BCUT2D eigenvalue weighted by molar-refractivity contribution is 5.97. The highest BCUT2D eigenvalue weighted by Crippen LogP contribution is 2.37. The Labute approximate surface area is 167 Å². The zero-order valence-corrected chi connectivity index (χ0v) is 15.3. The lowest BCUT2D eigenvalue weighted by Crippen LogP contribution is -2.26. The summed E-state index contributed by atoms with van der Waals surface area (Å²) in [6.07, 6.45) is -8.07. The number of benzene rings is 1. The molecule has 0 aliphatic rings. The maximum atomic E-state index is 12.8. The summed E-state index contributed by atoms with van der Waals surface area (Å²) in [5, 5.41) is 22.0. The van der Waals surface area contributed by atoms with Crippen molar-refractivity contribution in [1.29, 1.82) is 5.26 Å². The number of hydrogen-bond donors (Lipinski definition) is 3. The average molecular weight is 437 g/mol. The fraction of sp³-hybridized carbons (Fsp3) is 0.389. The lowest BCUT2D eigenvalue weighted by molar-refractivity contribution is -0.143. The smallest absolute Gasteiger partial charge is 0.416 e. The molecule has 0 bridgehead atoms. The van der Waals surface area contributed by atoms with E-state index in [1.54, 1.807) is 0 Å². The van der Waals surface area contributed by atoms with Crippen molar-refractivity contribution in [3.63, 3.8) is 0 Å². The maximum absolute atomic E-state index is 12.8. The highest BCUT2D eigenvalue weighted by Gasteiger charge is 2.36. The van der Waals surface area contributed by atoms with Crippen molar-refractivity contribution in [3.05, 3.63) is 41.1 Å². The van der Waals surface area contributed by atoms with Gasteiger partial charge in [0.2, 0.25) is 0 Å². The molecule has 0 unspecified atom stereocenters. The van der Waals surface area contributed by atoms with Gasteiger partial charge in [0.15, 0.2) is 0 Å². The number of unbranched alkanes of at least 4 members (excludes halogenated alkanes) is 2. The van der Waals surface area contributed by atoms with Crippen molar-refractivity contribution in [2.45, 2.75) is 38.0 Å². The van der Waals surface area contributed by atoms with E-state index >= 15 is 0 Å². The van der Waals surface area contributed by atoms with E-state index in [0.29, 0.717) is 37.6 Å². The molecule has 1 amide bonds. The molecule has 0 saturated heterocycles. The summed E-state index contributed by atoms with van der Waals surface area (Å²) in [7, 11) is 0. The molecule has 0 heterocycles. The molecule has 164 valence electrons. The van der Waals surface area contributed by atoms with Crippen LogP contribution in [0.2, 0.25) is 0 Å². The van der Waals surface area contributed by atoms with Gasteiger partial charge >= 0.3 is 18.3 Å². The minimum Gasteiger partial charge on any atom is -0.481 e. The molecule has 1 aromatic rings. The fourth-order valence-corrected chi connectivity index (χ4v) is 2.22. The number of rotatable bonds is 9. The quantitative estimate of drug-likeness (QED) is 0.231. The van der Waals surface area contributed by atoms with Crippen LogP contribution in [-0.4, -0.2) is 23.5 Å². The standard InChI is InChI=1S/C18H17F6N3O3/c19-17(20,21)12-6-13(18(22,23)24)8-14(7-12)27-10-11(9-25)16(30)26-5-3-1-2-4-15(28)29/h6-8,10,27H,1-5H2,(H,26,30)(H,28,29)/b11-10-. The minimum absolute atomic E-state index is 0.0296. The fourth-order valence-electron chi connectivity index (χ4n) is 2.22. The third kappa shape index (κ3) is 8.42. The number of carboxylic acids is 1. The van der Waals surface area contributed by atoms with Gasteiger partial charge in [-0.1, -0.05) is 6.42 Å². The van der Waals surface area contributed by atoms with Gasteiger partial charge < -0.3 is 15.7 Å². The molecule has 30 heavy (non-hydrogen) atoms. The van der Waals surface area contributed by atoms with Gasteiger partial charge in [0.1, 0.15) is 11.6 Å². The van der Waals surface area contributed by atoms with E-state index in [2.05, 4.69) is 10.6 Å². The van der Waals surface area contributed by atoms with Crippen molar-refractivity contribution >= 4 is 17.6 Å². The lowest BCUT2D eigenvalue weighted by Gasteiger charge is -2.14. The molecule has 0 aliphatic heterocycles. The minimum atomic E-state index is -5.03. The summed E-state index contributed by atoms with van der Waals surface area (Å²) in [5.41, 5.74) is -4.26. The Kier molecular flexibility index (Phi) is 8.70. The van der Waals surface area contributed by atoms with Gasteiger partial charge in [0, 0.05) is 24.9 Å². The maximum Gasteiger partial charge on any atom is 0.416 e. The van der Waals surface area contributed by atoms with Crippen molar-refractivity contribution < 1.29 is 41.0 Å². The number of alkyl halides is 6. The van der Waals surface area contributed by atoms with Crippen LogP contribution in [0.4, 0.5) is 32.0 Å². The van der Waals surface area contributed by atoms with Gasteiger partial charge in [-0.3, -0.25) is 9.59 Å². The normalized spacial score (nSPS) is 12.2. The molecule has 1 rings (SSSR count). The third-order valence-corrected chi connectivity index (χ3v) is 3.69. The van der Waals surface area contributed by atoms with Crippen LogP contribution in [0, 0.1) is 11.3 Å². The molecular formula is C18H17F6N3O3. The van der Waals surface area contributed by atoms with Crippen LogP contribution >= 0.6 is 0 Å². The Morgan fingerprint density at radius 2 is 1.57 bits per heavy atom. The molecule has 0 fully saturated rings. The van der Waals surface area contributed by atoms with Crippen molar-refractivity contribution in [2.75, 3.05) is 11.9 Å².